The Kier molecular flexibility index (Phi) is 5.18. The van der Waals surface area contributed by atoms with E-state index in [9.17, 15) is 9.90 Å². The zero-order valence-corrected chi connectivity index (χ0v) is 13.6. The summed E-state index contributed by atoms with van der Waals surface area (Å²) in [5, 5.41) is 15.7. The second-order valence-electron chi connectivity index (χ2n) is 6.74. The summed E-state index contributed by atoms with van der Waals surface area (Å²) < 4.78 is 5.24. The molecule has 2 aliphatic rings. The summed E-state index contributed by atoms with van der Waals surface area (Å²) >= 11 is 0. The molecular formula is C18H26N2O3. The first-order valence-corrected chi connectivity index (χ1v) is 8.44. The second kappa shape index (κ2) is 7.32. The van der Waals surface area contributed by atoms with Gasteiger partial charge in [-0.2, -0.15) is 0 Å². The Morgan fingerprint density at radius 3 is 2.74 bits per heavy atom. The van der Waals surface area contributed by atoms with Crippen molar-refractivity contribution in [2.75, 3.05) is 20.3 Å². The number of fused-ring (bicyclic) bond motifs is 2. The molecule has 5 unspecified atom stereocenters. The molecule has 3 rings (SSSR count). The Bertz CT molecular complexity index is 522. The molecule has 0 aliphatic heterocycles. The number of aliphatic hydroxyl groups is 1. The van der Waals surface area contributed by atoms with Gasteiger partial charge >= 0.3 is 6.03 Å². The fraction of sp³-hybridized carbons (Fsp3) is 0.611. The van der Waals surface area contributed by atoms with Crippen LogP contribution in [0, 0.1) is 17.8 Å². The van der Waals surface area contributed by atoms with Crippen molar-refractivity contribution in [3.8, 4) is 0 Å². The molecule has 2 fully saturated rings. The van der Waals surface area contributed by atoms with Crippen LogP contribution in [-0.2, 0) is 4.74 Å². The molecule has 3 N–H and O–H groups in total. The van der Waals surface area contributed by atoms with E-state index in [0.717, 1.165) is 18.4 Å². The Morgan fingerprint density at radius 1 is 1.30 bits per heavy atom. The van der Waals surface area contributed by atoms with Gasteiger partial charge in [0, 0.05) is 25.7 Å². The molecule has 0 spiro atoms. The molecule has 126 valence electrons. The summed E-state index contributed by atoms with van der Waals surface area (Å²) in [6, 6.07) is 9.58. The number of aliphatic hydroxyl groups excluding tert-OH is 1. The quantitative estimate of drug-likeness (QED) is 0.752. The third-order valence-corrected chi connectivity index (χ3v) is 5.44. The standard InChI is InChI=1S/C18H26N2O3/c1-23-11-16(12-5-3-2-4-6-12)19-18(22)20-17-14-8-7-13(9-14)15(17)10-21/h2-6,13-17,21H,7-11H2,1H3,(H2,19,20,22). The van der Waals surface area contributed by atoms with E-state index in [1.807, 2.05) is 30.3 Å². The van der Waals surface area contributed by atoms with Crippen molar-refractivity contribution in [3.05, 3.63) is 35.9 Å². The van der Waals surface area contributed by atoms with E-state index in [2.05, 4.69) is 10.6 Å². The van der Waals surface area contributed by atoms with Gasteiger partial charge in [0.1, 0.15) is 0 Å². The molecule has 2 bridgehead atoms. The number of hydrogen-bond donors (Lipinski definition) is 3. The minimum Gasteiger partial charge on any atom is -0.396 e. The Morgan fingerprint density at radius 2 is 2.04 bits per heavy atom. The predicted molar refractivity (Wildman–Crippen MR) is 87.9 cm³/mol. The molecule has 5 atom stereocenters. The zero-order chi connectivity index (χ0) is 16.2. The number of urea groups is 1. The zero-order valence-electron chi connectivity index (χ0n) is 13.6. The SMILES string of the molecule is COCC(NC(=O)NC1C2CCC(C2)C1CO)c1ccccc1. The van der Waals surface area contributed by atoms with E-state index in [0.29, 0.717) is 18.4 Å². The number of benzene rings is 1. The highest BCUT2D eigenvalue weighted by Gasteiger charge is 2.47. The van der Waals surface area contributed by atoms with E-state index in [1.54, 1.807) is 7.11 Å². The maximum absolute atomic E-state index is 12.4. The van der Waals surface area contributed by atoms with Crippen LogP contribution in [0.1, 0.15) is 30.9 Å². The number of carbonyl (C=O) groups is 1. The molecule has 2 saturated carbocycles. The fourth-order valence-electron chi connectivity index (χ4n) is 4.32. The van der Waals surface area contributed by atoms with Crippen molar-refractivity contribution in [2.45, 2.75) is 31.3 Å². The Hall–Kier alpha value is -1.59. The third-order valence-electron chi connectivity index (χ3n) is 5.44. The smallest absolute Gasteiger partial charge is 0.315 e. The van der Waals surface area contributed by atoms with Gasteiger partial charge in [-0.25, -0.2) is 4.79 Å². The Labute approximate surface area is 137 Å². The van der Waals surface area contributed by atoms with Crippen LogP contribution in [0.15, 0.2) is 30.3 Å². The van der Waals surface area contributed by atoms with Crippen molar-refractivity contribution < 1.29 is 14.6 Å². The summed E-state index contributed by atoms with van der Waals surface area (Å²) in [5.74, 6) is 1.29. The molecule has 5 heteroatoms. The number of amides is 2. The van der Waals surface area contributed by atoms with Crippen LogP contribution in [-0.4, -0.2) is 37.5 Å². The second-order valence-corrected chi connectivity index (χ2v) is 6.74. The molecule has 0 aromatic heterocycles. The van der Waals surface area contributed by atoms with Crippen LogP contribution in [0.2, 0.25) is 0 Å². The molecule has 2 aliphatic carbocycles. The first kappa shape index (κ1) is 16.3. The number of nitrogens with one attached hydrogen (secondary N) is 2. The maximum atomic E-state index is 12.4. The van der Waals surface area contributed by atoms with E-state index in [1.165, 1.54) is 6.42 Å². The first-order chi connectivity index (χ1) is 11.2. The molecule has 0 radical (unpaired) electrons. The lowest BCUT2D eigenvalue weighted by Crippen LogP contribution is -2.50. The van der Waals surface area contributed by atoms with Gasteiger partial charge in [0.25, 0.3) is 0 Å². The van der Waals surface area contributed by atoms with Gasteiger partial charge in [-0.05, 0) is 36.7 Å². The summed E-state index contributed by atoms with van der Waals surface area (Å²) in [6.07, 6.45) is 3.48. The fourth-order valence-corrected chi connectivity index (χ4v) is 4.32. The molecule has 0 heterocycles. The van der Waals surface area contributed by atoms with Crippen molar-refractivity contribution >= 4 is 6.03 Å². The topological polar surface area (TPSA) is 70.6 Å². The lowest BCUT2D eigenvalue weighted by atomic mass is 9.85. The highest BCUT2D eigenvalue weighted by Crippen LogP contribution is 2.48. The van der Waals surface area contributed by atoms with E-state index >= 15 is 0 Å². The third kappa shape index (κ3) is 3.51. The summed E-state index contributed by atoms with van der Waals surface area (Å²) in [6.45, 7) is 0.587. The van der Waals surface area contributed by atoms with Gasteiger partial charge in [-0.15, -0.1) is 0 Å². The molecule has 5 nitrogen and oxygen atoms in total. The van der Waals surface area contributed by atoms with Crippen molar-refractivity contribution in [3.63, 3.8) is 0 Å². The summed E-state index contributed by atoms with van der Waals surface area (Å²) in [4.78, 5) is 12.4. The normalized spacial score (nSPS) is 30.2. The van der Waals surface area contributed by atoms with Gasteiger partial charge in [-0.3, -0.25) is 0 Å². The highest BCUT2D eigenvalue weighted by atomic mass is 16.5. The molecule has 23 heavy (non-hydrogen) atoms. The van der Waals surface area contributed by atoms with Crippen molar-refractivity contribution in [1.29, 1.82) is 0 Å². The van der Waals surface area contributed by atoms with E-state index in [4.69, 9.17) is 4.74 Å². The van der Waals surface area contributed by atoms with Crippen LogP contribution in [0.25, 0.3) is 0 Å². The molecule has 2 amide bonds. The number of rotatable bonds is 6. The molecule has 1 aromatic rings. The number of hydrogen-bond acceptors (Lipinski definition) is 3. The number of ether oxygens (including phenoxy) is 1. The first-order valence-electron chi connectivity index (χ1n) is 8.44. The van der Waals surface area contributed by atoms with Crippen LogP contribution in [0.3, 0.4) is 0 Å². The minimum atomic E-state index is -0.174. The number of carbonyl (C=O) groups excluding carboxylic acids is 1. The average Bonchev–Trinajstić information content (AvgIpc) is 3.16. The van der Waals surface area contributed by atoms with Crippen LogP contribution >= 0.6 is 0 Å². The van der Waals surface area contributed by atoms with Crippen LogP contribution in [0.4, 0.5) is 4.79 Å². The number of methoxy groups -OCH3 is 1. The maximum Gasteiger partial charge on any atom is 0.315 e. The minimum absolute atomic E-state index is 0.0951. The van der Waals surface area contributed by atoms with Crippen molar-refractivity contribution in [1.82, 2.24) is 10.6 Å². The van der Waals surface area contributed by atoms with Crippen molar-refractivity contribution in [2.24, 2.45) is 17.8 Å². The Balaban J connectivity index is 1.61. The van der Waals surface area contributed by atoms with Gasteiger partial charge in [0.05, 0.1) is 12.6 Å². The summed E-state index contributed by atoms with van der Waals surface area (Å²) in [5.41, 5.74) is 1.02. The van der Waals surface area contributed by atoms with Gasteiger partial charge in [0.15, 0.2) is 0 Å². The predicted octanol–water partition coefficient (Wildman–Crippen LogP) is 2.08. The summed E-state index contributed by atoms with van der Waals surface area (Å²) in [7, 11) is 1.63. The van der Waals surface area contributed by atoms with Crippen LogP contribution in [0.5, 0.6) is 0 Å². The van der Waals surface area contributed by atoms with Gasteiger partial charge < -0.3 is 20.5 Å². The van der Waals surface area contributed by atoms with Gasteiger partial charge in [-0.1, -0.05) is 30.3 Å². The molecule has 1 aromatic carbocycles. The lowest BCUT2D eigenvalue weighted by Gasteiger charge is -2.31. The highest BCUT2D eigenvalue weighted by molar-refractivity contribution is 5.75. The molecular weight excluding hydrogens is 292 g/mol. The molecule has 0 saturated heterocycles. The van der Waals surface area contributed by atoms with Gasteiger partial charge in [0.2, 0.25) is 0 Å². The largest absolute Gasteiger partial charge is 0.396 e. The van der Waals surface area contributed by atoms with Crippen LogP contribution < -0.4 is 10.6 Å². The average molecular weight is 318 g/mol. The van der Waals surface area contributed by atoms with E-state index in [-0.39, 0.29) is 30.6 Å². The lowest BCUT2D eigenvalue weighted by molar-refractivity contribution is 0.140. The monoisotopic (exact) mass is 318 g/mol. The van der Waals surface area contributed by atoms with E-state index < -0.39 is 0 Å².